The van der Waals surface area contributed by atoms with Crippen molar-refractivity contribution in [3.63, 3.8) is 0 Å². The van der Waals surface area contributed by atoms with Crippen molar-refractivity contribution in [1.82, 2.24) is 4.31 Å². The van der Waals surface area contributed by atoms with Gasteiger partial charge in [-0.15, -0.1) is 0 Å². The molecule has 0 aliphatic heterocycles. The normalized spacial score (nSPS) is 11.4. The Kier molecular flexibility index (Phi) is 8.41. The number of amides is 1. The molecule has 0 heterocycles. The lowest BCUT2D eigenvalue weighted by atomic mass is 10.2. The molecule has 1 N–H and O–H groups in total. The molecule has 0 bridgehead atoms. The molecular weight excluding hydrogens is 544 g/mol. The minimum Gasteiger partial charge on any atom is -0.324 e. The number of hydrogen-bond acceptors (Lipinski definition) is 4. The van der Waals surface area contributed by atoms with Gasteiger partial charge < -0.3 is 5.32 Å². The highest BCUT2D eigenvalue weighted by molar-refractivity contribution is 9.10. The SMILES string of the molecule is O=C(CN(Cc1ccc(Br)cc1)S(=O)(=O)c1ccccc1)Nc1ccccc1Sc1ccccc1. The molecule has 0 fully saturated rings. The van der Waals surface area contributed by atoms with E-state index in [1.807, 2.05) is 78.9 Å². The number of benzene rings is 4. The first-order chi connectivity index (χ1) is 16.9. The number of carbonyl (C=O) groups is 1. The van der Waals surface area contributed by atoms with E-state index in [0.717, 1.165) is 19.8 Å². The quantitative estimate of drug-likeness (QED) is 0.253. The highest BCUT2D eigenvalue weighted by atomic mass is 79.9. The molecule has 4 aromatic rings. The molecule has 4 rings (SSSR count). The third-order valence-electron chi connectivity index (χ3n) is 5.11. The van der Waals surface area contributed by atoms with Crippen molar-refractivity contribution in [2.24, 2.45) is 0 Å². The number of rotatable bonds is 9. The maximum atomic E-state index is 13.4. The van der Waals surface area contributed by atoms with E-state index in [2.05, 4.69) is 21.2 Å². The van der Waals surface area contributed by atoms with Crippen LogP contribution >= 0.6 is 27.7 Å². The van der Waals surface area contributed by atoms with Gasteiger partial charge in [0.05, 0.1) is 17.1 Å². The van der Waals surface area contributed by atoms with E-state index in [1.54, 1.807) is 18.2 Å². The molecule has 5 nitrogen and oxygen atoms in total. The van der Waals surface area contributed by atoms with Crippen molar-refractivity contribution in [3.05, 3.63) is 119 Å². The molecule has 0 aromatic heterocycles. The average molecular weight is 568 g/mol. The van der Waals surface area contributed by atoms with Gasteiger partial charge >= 0.3 is 0 Å². The van der Waals surface area contributed by atoms with Crippen molar-refractivity contribution in [2.45, 2.75) is 21.2 Å². The van der Waals surface area contributed by atoms with Crippen LogP contribution in [0.4, 0.5) is 5.69 Å². The third kappa shape index (κ3) is 6.82. The van der Waals surface area contributed by atoms with Crippen LogP contribution in [-0.4, -0.2) is 25.2 Å². The summed E-state index contributed by atoms with van der Waals surface area (Å²) in [5, 5.41) is 2.91. The standard InChI is InChI=1S/C27H23BrN2O3S2/c28-22-17-15-21(16-18-22)19-30(35(32,33)24-11-5-2-6-12-24)20-27(31)29-25-13-7-8-14-26(25)34-23-9-3-1-4-10-23/h1-18H,19-20H2,(H,29,31). The third-order valence-corrected chi connectivity index (χ3v) is 8.52. The zero-order chi connectivity index (χ0) is 24.7. The highest BCUT2D eigenvalue weighted by Gasteiger charge is 2.27. The van der Waals surface area contributed by atoms with Crippen LogP contribution in [0.3, 0.4) is 0 Å². The van der Waals surface area contributed by atoms with Crippen LogP contribution < -0.4 is 5.32 Å². The molecule has 0 aliphatic rings. The zero-order valence-corrected chi connectivity index (χ0v) is 21.9. The molecule has 0 unspecified atom stereocenters. The van der Waals surface area contributed by atoms with Gasteiger partial charge in [0.1, 0.15) is 0 Å². The predicted octanol–water partition coefficient (Wildman–Crippen LogP) is 6.43. The van der Waals surface area contributed by atoms with Gasteiger partial charge in [-0.05, 0) is 54.1 Å². The van der Waals surface area contributed by atoms with E-state index in [0.29, 0.717) is 5.69 Å². The van der Waals surface area contributed by atoms with Crippen LogP contribution in [0.15, 0.2) is 128 Å². The Balaban J connectivity index is 1.56. The van der Waals surface area contributed by atoms with Crippen molar-refractivity contribution < 1.29 is 13.2 Å². The van der Waals surface area contributed by atoms with Gasteiger partial charge in [-0.3, -0.25) is 4.79 Å². The molecule has 0 radical (unpaired) electrons. The van der Waals surface area contributed by atoms with Gasteiger partial charge in [0.25, 0.3) is 0 Å². The number of nitrogens with one attached hydrogen (secondary N) is 1. The highest BCUT2D eigenvalue weighted by Crippen LogP contribution is 2.33. The summed E-state index contributed by atoms with van der Waals surface area (Å²) in [5.74, 6) is -0.414. The van der Waals surface area contributed by atoms with Crippen LogP contribution in [0.25, 0.3) is 0 Å². The second-order valence-corrected chi connectivity index (χ2v) is 11.6. The summed E-state index contributed by atoms with van der Waals surface area (Å²) in [6.45, 7) is -0.254. The van der Waals surface area contributed by atoms with E-state index in [9.17, 15) is 13.2 Å². The van der Waals surface area contributed by atoms with Crippen LogP contribution in [0.2, 0.25) is 0 Å². The Morgan fingerprint density at radius 2 is 1.40 bits per heavy atom. The first-order valence-electron chi connectivity index (χ1n) is 10.8. The van der Waals surface area contributed by atoms with Crippen LogP contribution in [-0.2, 0) is 21.4 Å². The molecule has 0 atom stereocenters. The lowest BCUT2D eigenvalue weighted by molar-refractivity contribution is -0.116. The Morgan fingerprint density at radius 1 is 0.800 bits per heavy atom. The summed E-state index contributed by atoms with van der Waals surface area (Å²) in [7, 11) is -3.90. The largest absolute Gasteiger partial charge is 0.324 e. The summed E-state index contributed by atoms with van der Waals surface area (Å²) >= 11 is 4.93. The Bertz CT molecular complexity index is 1380. The van der Waals surface area contributed by atoms with E-state index in [4.69, 9.17) is 0 Å². The maximum absolute atomic E-state index is 13.4. The Morgan fingerprint density at radius 3 is 2.09 bits per heavy atom. The molecule has 35 heavy (non-hydrogen) atoms. The summed E-state index contributed by atoms with van der Waals surface area (Å²) in [4.78, 5) is 15.2. The second-order valence-electron chi connectivity index (χ2n) is 7.67. The summed E-state index contributed by atoms with van der Waals surface area (Å²) in [6.07, 6.45) is 0. The molecular formula is C27H23BrN2O3S2. The van der Waals surface area contributed by atoms with E-state index in [-0.39, 0.29) is 18.0 Å². The van der Waals surface area contributed by atoms with Gasteiger partial charge in [-0.25, -0.2) is 8.42 Å². The average Bonchev–Trinajstić information content (AvgIpc) is 2.87. The second kappa shape index (κ2) is 11.7. The van der Waals surface area contributed by atoms with Crippen molar-refractivity contribution in [1.29, 1.82) is 0 Å². The first-order valence-corrected chi connectivity index (χ1v) is 13.9. The molecule has 0 saturated carbocycles. The number of para-hydroxylation sites is 1. The van der Waals surface area contributed by atoms with Crippen LogP contribution in [0.5, 0.6) is 0 Å². The molecule has 0 aliphatic carbocycles. The van der Waals surface area contributed by atoms with Crippen LogP contribution in [0.1, 0.15) is 5.56 Å². The number of nitrogens with zero attached hydrogens (tertiary/aromatic N) is 1. The molecule has 0 saturated heterocycles. The first kappa shape index (κ1) is 25.2. The minimum absolute atomic E-state index is 0.0678. The molecule has 178 valence electrons. The fraction of sp³-hybridized carbons (Fsp3) is 0.0741. The van der Waals surface area contributed by atoms with E-state index in [1.165, 1.54) is 28.2 Å². The van der Waals surface area contributed by atoms with Crippen molar-refractivity contribution in [3.8, 4) is 0 Å². The van der Waals surface area contributed by atoms with Gasteiger partial charge in [0, 0.05) is 20.8 Å². The van der Waals surface area contributed by atoms with Gasteiger partial charge in [-0.1, -0.05) is 88.4 Å². The van der Waals surface area contributed by atoms with Gasteiger partial charge in [-0.2, -0.15) is 4.31 Å². The minimum atomic E-state index is -3.90. The maximum Gasteiger partial charge on any atom is 0.243 e. The number of halogens is 1. The van der Waals surface area contributed by atoms with Crippen molar-refractivity contribution >= 4 is 49.3 Å². The number of sulfonamides is 1. The molecule has 0 spiro atoms. The topological polar surface area (TPSA) is 66.5 Å². The number of anilines is 1. The van der Waals surface area contributed by atoms with Gasteiger partial charge in [0.15, 0.2) is 0 Å². The summed E-state index contributed by atoms with van der Waals surface area (Å²) < 4.78 is 29.0. The molecule has 4 aromatic carbocycles. The Labute approximate surface area is 218 Å². The summed E-state index contributed by atoms with van der Waals surface area (Å²) in [5.41, 5.74) is 1.41. The van der Waals surface area contributed by atoms with E-state index < -0.39 is 15.9 Å². The number of carbonyl (C=O) groups excluding carboxylic acids is 1. The van der Waals surface area contributed by atoms with Crippen molar-refractivity contribution in [2.75, 3.05) is 11.9 Å². The predicted molar refractivity (Wildman–Crippen MR) is 144 cm³/mol. The summed E-state index contributed by atoms with van der Waals surface area (Å²) in [6, 6.07) is 32.9. The molecule has 1 amide bonds. The number of hydrogen-bond donors (Lipinski definition) is 1. The Hall–Kier alpha value is -2.91. The van der Waals surface area contributed by atoms with E-state index >= 15 is 0 Å². The fourth-order valence-corrected chi connectivity index (χ4v) is 5.98. The molecule has 8 heteroatoms. The van der Waals surface area contributed by atoms with Gasteiger partial charge in [0.2, 0.25) is 15.9 Å². The lowest BCUT2D eigenvalue weighted by Crippen LogP contribution is -2.37. The van der Waals surface area contributed by atoms with Crippen LogP contribution in [0, 0.1) is 0 Å². The fourth-order valence-electron chi connectivity index (χ4n) is 3.39. The smallest absolute Gasteiger partial charge is 0.243 e. The lowest BCUT2D eigenvalue weighted by Gasteiger charge is -2.22. The monoisotopic (exact) mass is 566 g/mol. The zero-order valence-electron chi connectivity index (χ0n) is 18.7.